The molecule has 0 aliphatic heterocycles. The summed E-state index contributed by atoms with van der Waals surface area (Å²) in [5.41, 5.74) is 8.54. The molecule has 0 amide bonds. The molecule has 0 fully saturated rings. The molecule has 0 unspecified atom stereocenters. The van der Waals surface area contributed by atoms with Crippen LogP contribution in [0.4, 0.5) is 5.82 Å². The van der Waals surface area contributed by atoms with Crippen molar-refractivity contribution in [3.63, 3.8) is 0 Å². The van der Waals surface area contributed by atoms with E-state index >= 15 is 0 Å². The Morgan fingerprint density at radius 3 is 2.24 bits per heavy atom. The van der Waals surface area contributed by atoms with Crippen molar-refractivity contribution in [3.8, 4) is 0 Å². The van der Waals surface area contributed by atoms with Gasteiger partial charge in [-0.2, -0.15) is 5.10 Å². The van der Waals surface area contributed by atoms with Gasteiger partial charge in [-0.25, -0.2) is 0 Å². The normalized spacial score (nSPS) is 12.0. The molecule has 6 nitrogen and oxygen atoms in total. The van der Waals surface area contributed by atoms with Crippen LogP contribution in [0.3, 0.4) is 0 Å². The first-order valence-electron chi connectivity index (χ1n) is 7.64. The van der Waals surface area contributed by atoms with Crippen LogP contribution in [0.5, 0.6) is 0 Å². The molecule has 1 heterocycles. The number of anilines is 1. The van der Waals surface area contributed by atoms with Gasteiger partial charge in [0.2, 0.25) is 0 Å². The number of oxime groups is 1. The molecule has 118 valence electrons. The lowest BCUT2D eigenvalue weighted by Gasteiger charge is -2.29. The van der Waals surface area contributed by atoms with Gasteiger partial charge in [0.25, 0.3) is 0 Å². The minimum Gasteiger partial charge on any atom is -0.409 e. The second kappa shape index (κ2) is 7.81. The molecule has 3 N–H and O–H groups in total. The summed E-state index contributed by atoms with van der Waals surface area (Å²) in [5.74, 6) is 0.789. The number of aromatic nitrogens is 2. The minimum absolute atomic E-state index is 0.101. The van der Waals surface area contributed by atoms with E-state index in [1.54, 1.807) is 0 Å². The molecule has 0 radical (unpaired) electrons. The van der Waals surface area contributed by atoms with E-state index in [0.717, 1.165) is 36.9 Å². The maximum Gasteiger partial charge on any atom is 0.174 e. The predicted molar refractivity (Wildman–Crippen MR) is 86.1 cm³/mol. The molecule has 0 aromatic carbocycles. The molecule has 0 atom stereocenters. The van der Waals surface area contributed by atoms with E-state index in [1.165, 1.54) is 0 Å². The van der Waals surface area contributed by atoms with Crippen LogP contribution in [-0.2, 0) is 12.8 Å². The zero-order valence-corrected chi connectivity index (χ0v) is 13.7. The van der Waals surface area contributed by atoms with Crippen LogP contribution in [0.2, 0.25) is 0 Å². The number of amidine groups is 1. The van der Waals surface area contributed by atoms with E-state index in [-0.39, 0.29) is 5.84 Å². The predicted octanol–water partition coefficient (Wildman–Crippen LogP) is 2.32. The van der Waals surface area contributed by atoms with E-state index in [4.69, 9.17) is 10.9 Å². The number of nitrogens with two attached hydrogens (primary N) is 1. The molecule has 21 heavy (non-hydrogen) atoms. The van der Waals surface area contributed by atoms with Gasteiger partial charge >= 0.3 is 0 Å². The molecule has 0 saturated carbocycles. The van der Waals surface area contributed by atoms with Gasteiger partial charge in [0, 0.05) is 13.1 Å². The SMILES string of the molecule is CCc1nnc(N(C)C(CC)CC)c(C(N)=NO)c1CC. The third kappa shape index (κ3) is 3.43. The van der Waals surface area contributed by atoms with Crippen molar-refractivity contribution in [2.45, 2.75) is 59.4 Å². The summed E-state index contributed by atoms with van der Waals surface area (Å²) in [4.78, 5) is 2.08. The monoisotopic (exact) mass is 293 g/mol. The van der Waals surface area contributed by atoms with Gasteiger partial charge in [-0.15, -0.1) is 5.10 Å². The summed E-state index contributed by atoms with van der Waals surface area (Å²) in [6.07, 6.45) is 3.55. The Labute approximate surface area is 127 Å². The fourth-order valence-electron chi connectivity index (χ4n) is 2.74. The molecule has 6 heteroatoms. The lowest BCUT2D eigenvalue weighted by Crippen LogP contribution is -2.34. The Hall–Kier alpha value is -1.85. The molecule has 0 bridgehead atoms. The summed E-state index contributed by atoms with van der Waals surface area (Å²) < 4.78 is 0. The number of aryl methyl sites for hydroxylation is 1. The van der Waals surface area contributed by atoms with Crippen molar-refractivity contribution in [3.05, 3.63) is 16.8 Å². The van der Waals surface area contributed by atoms with E-state index in [2.05, 4.69) is 34.1 Å². The number of rotatable bonds is 7. The Morgan fingerprint density at radius 2 is 1.81 bits per heavy atom. The van der Waals surface area contributed by atoms with Gasteiger partial charge in [0.05, 0.1) is 11.3 Å². The van der Waals surface area contributed by atoms with Crippen molar-refractivity contribution in [1.82, 2.24) is 10.2 Å². The smallest absolute Gasteiger partial charge is 0.174 e. The Morgan fingerprint density at radius 1 is 1.19 bits per heavy atom. The van der Waals surface area contributed by atoms with Crippen LogP contribution >= 0.6 is 0 Å². The molecule has 0 aliphatic carbocycles. The third-order valence-electron chi connectivity index (χ3n) is 4.02. The van der Waals surface area contributed by atoms with Crippen molar-refractivity contribution in [1.29, 1.82) is 0 Å². The number of hydrogen-bond acceptors (Lipinski definition) is 5. The summed E-state index contributed by atoms with van der Waals surface area (Å²) in [6, 6.07) is 0.349. The van der Waals surface area contributed by atoms with Crippen LogP contribution in [0.1, 0.15) is 57.4 Å². The third-order valence-corrected chi connectivity index (χ3v) is 4.02. The van der Waals surface area contributed by atoms with E-state index in [9.17, 15) is 0 Å². The lowest BCUT2D eigenvalue weighted by atomic mass is 10.0. The topological polar surface area (TPSA) is 87.6 Å². The van der Waals surface area contributed by atoms with Gasteiger partial charge in [-0.3, -0.25) is 0 Å². The highest BCUT2D eigenvalue weighted by molar-refractivity contribution is 6.03. The molecule has 0 aliphatic rings. The summed E-state index contributed by atoms with van der Waals surface area (Å²) in [6.45, 7) is 8.36. The summed E-state index contributed by atoms with van der Waals surface area (Å²) in [5, 5.41) is 21.0. The van der Waals surface area contributed by atoms with E-state index in [0.29, 0.717) is 17.4 Å². The van der Waals surface area contributed by atoms with E-state index < -0.39 is 0 Å². The fraction of sp³-hybridized carbons (Fsp3) is 0.667. The molecule has 1 rings (SSSR count). The van der Waals surface area contributed by atoms with Crippen molar-refractivity contribution >= 4 is 11.7 Å². The molecular formula is C15H27N5O. The average Bonchev–Trinajstić information content (AvgIpc) is 2.53. The lowest BCUT2D eigenvalue weighted by molar-refractivity contribution is 0.318. The largest absolute Gasteiger partial charge is 0.409 e. The van der Waals surface area contributed by atoms with Crippen molar-refractivity contribution in [2.24, 2.45) is 10.9 Å². The Kier molecular flexibility index (Phi) is 6.39. The quantitative estimate of drug-likeness (QED) is 0.348. The van der Waals surface area contributed by atoms with Crippen LogP contribution in [0.15, 0.2) is 5.16 Å². The van der Waals surface area contributed by atoms with Crippen LogP contribution < -0.4 is 10.6 Å². The summed E-state index contributed by atoms with van der Waals surface area (Å²) >= 11 is 0. The van der Waals surface area contributed by atoms with Gasteiger partial charge in [0.1, 0.15) is 0 Å². The second-order valence-electron chi connectivity index (χ2n) is 5.10. The van der Waals surface area contributed by atoms with Gasteiger partial charge in [-0.1, -0.05) is 32.9 Å². The highest BCUT2D eigenvalue weighted by Crippen LogP contribution is 2.25. The molecule has 0 saturated heterocycles. The highest BCUT2D eigenvalue weighted by atomic mass is 16.4. The van der Waals surface area contributed by atoms with Gasteiger partial charge < -0.3 is 15.8 Å². The molecule has 1 aromatic heterocycles. The highest BCUT2D eigenvalue weighted by Gasteiger charge is 2.23. The zero-order valence-electron chi connectivity index (χ0n) is 13.7. The molecular weight excluding hydrogens is 266 g/mol. The first kappa shape index (κ1) is 17.2. The van der Waals surface area contributed by atoms with Gasteiger partial charge in [0.15, 0.2) is 11.7 Å². The van der Waals surface area contributed by atoms with Crippen LogP contribution in [-0.4, -0.2) is 34.3 Å². The second-order valence-corrected chi connectivity index (χ2v) is 5.10. The van der Waals surface area contributed by atoms with E-state index in [1.807, 2.05) is 20.9 Å². The molecule has 0 spiro atoms. The zero-order chi connectivity index (χ0) is 16.0. The van der Waals surface area contributed by atoms with Crippen LogP contribution in [0, 0.1) is 0 Å². The van der Waals surface area contributed by atoms with Crippen LogP contribution in [0.25, 0.3) is 0 Å². The standard InChI is InChI=1S/C15H27N5O/c1-6-10(7-2)20(5)15-13(14(16)19-21)11(8-3)12(9-4)17-18-15/h10,21H,6-9H2,1-5H3,(H2,16,19). The summed E-state index contributed by atoms with van der Waals surface area (Å²) in [7, 11) is 1.99. The van der Waals surface area contributed by atoms with Crippen molar-refractivity contribution in [2.75, 3.05) is 11.9 Å². The van der Waals surface area contributed by atoms with Crippen molar-refractivity contribution < 1.29 is 5.21 Å². The Bertz CT molecular complexity index is 497. The number of nitrogens with zero attached hydrogens (tertiary/aromatic N) is 4. The first-order valence-corrected chi connectivity index (χ1v) is 7.64. The maximum absolute atomic E-state index is 9.13. The maximum atomic E-state index is 9.13. The fourth-order valence-corrected chi connectivity index (χ4v) is 2.74. The first-order chi connectivity index (χ1) is 10.0. The molecule has 1 aromatic rings. The number of hydrogen-bond donors (Lipinski definition) is 2. The Balaban J connectivity index is 3.51. The average molecular weight is 293 g/mol. The van der Waals surface area contributed by atoms with Gasteiger partial charge in [-0.05, 0) is 31.2 Å². The minimum atomic E-state index is 0.101.